The molecule has 0 unspecified atom stereocenters. The van der Waals surface area contributed by atoms with Gasteiger partial charge in [0.05, 0.1) is 15.7 Å². The largest absolute Gasteiger partial charge is 0.322 e. The molecule has 1 aromatic carbocycles. The van der Waals surface area contributed by atoms with E-state index in [1.165, 1.54) is 0 Å². The highest BCUT2D eigenvalue weighted by molar-refractivity contribution is 7.91. The second kappa shape index (κ2) is 12.2. The Morgan fingerprint density at radius 2 is 1.89 bits per heavy atom. The van der Waals surface area contributed by atoms with Crippen LogP contribution in [-0.2, 0) is 21.1 Å². The van der Waals surface area contributed by atoms with Gasteiger partial charge >= 0.3 is 0 Å². The highest BCUT2D eigenvalue weighted by atomic mass is 35.5. The molecular weight excluding hydrogens is 484 g/mol. The molecule has 8 heteroatoms. The summed E-state index contributed by atoms with van der Waals surface area (Å²) in [4.78, 5) is 29.6. The Hall–Kier alpha value is -2.22. The van der Waals surface area contributed by atoms with Crippen molar-refractivity contribution in [3.8, 4) is 0 Å². The van der Waals surface area contributed by atoms with Gasteiger partial charge in [-0.1, -0.05) is 50.6 Å². The fourth-order valence-corrected chi connectivity index (χ4v) is 6.44. The predicted molar refractivity (Wildman–Crippen MR) is 142 cm³/mol. The van der Waals surface area contributed by atoms with Gasteiger partial charge < -0.3 is 9.88 Å². The fraction of sp³-hybridized carbons (Fsp3) is 0.481. The SMILES string of the molecule is CCc1ccc(C(=C[C@H]2CCC(=O)C2)c2ccc(S(=O)(=O)CCCN(CC)CC)c(Cl)c2)[nH]c1=O. The Labute approximate surface area is 213 Å². The van der Waals surface area contributed by atoms with Crippen LogP contribution in [0.5, 0.6) is 0 Å². The molecule has 0 radical (unpaired) electrons. The van der Waals surface area contributed by atoms with E-state index in [0.717, 1.165) is 31.6 Å². The number of sulfone groups is 1. The number of allylic oxidation sites excluding steroid dienone is 1. The van der Waals surface area contributed by atoms with E-state index in [0.29, 0.717) is 42.5 Å². The molecule has 190 valence electrons. The number of Topliss-reactive ketones (excluding diaryl/α,β-unsaturated/α-hetero) is 1. The molecule has 0 bridgehead atoms. The second-order valence-electron chi connectivity index (χ2n) is 9.05. The van der Waals surface area contributed by atoms with Crippen LogP contribution in [0.1, 0.15) is 63.3 Å². The third-order valence-electron chi connectivity index (χ3n) is 6.71. The van der Waals surface area contributed by atoms with Crippen LogP contribution in [0, 0.1) is 5.92 Å². The van der Waals surface area contributed by atoms with Crippen LogP contribution in [0.3, 0.4) is 0 Å². The minimum atomic E-state index is -3.54. The van der Waals surface area contributed by atoms with Crippen molar-refractivity contribution < 1.29 is 13.2 Å². The highest BCUT2D eigenvalue weighted by Crippen LogP contribution is 2.33. The number of pyridine rings is 1. The number of nitrogens with zero attached hydrogens (tertiary/aromatic N) is 1. The lowest BCUT2D eigenvalue weighted by Crippen LogP contribution is -2.25. The normalized spacial score (nSPS) is 16.9. The van der Waals surface area contributed by atoms with E-state index in [1.54, 1.807) is 24.3 Å². The molecule has 1 saturated carbocycles. The van der Waals surface area contributed by atoms with Crippen molar-refractivity contribution in [1.29, 1.82) is 0 Å². The Bertz CT molecular complexity index is 1250. The monoisotopic (exact) mass is 518 g/mol. The molecule has 35 heavy (non-hydrogen) atoms. The molecule has 1 aliphatic rings. The number of benzene rings is 1. The summed E-state index contributed by atoms with van der Waals surface area (Å²) in [5.74, 6) is 0.320. The van der Waals surface area contributed by atoms with Crippen LogP contribution in [0.4, 0.5) is 0 Å². The molecule has 0 saturated heterocycles. The standard InChI is InChI=1S/C27H35ClN2O4S/c1-4-20-9-12-25(29-27(20)32)23(17-19-8-11-22(31)16-19)21-10-13-26(24(28)18-21)35(33,34)15-7-14-30(5-2)6-3/h9-10,12-13,17-19H,4-8,11,14-16H2,1-3H3,(H,29,32)/t19-/m0/s1. The van der Waals surface area contributed by atoms with Crippen molar-refractivity contribution in [3.63, 3.8) is 0 Å². The van der Waals surface area contributed by atoms with Crippen molar-refractivity contribution in [2.45, 2.75) is 57.8 Å². The fourth-order valence-electron chi connectivity index (χ4n) is 4.55. The predicted octanol–water partition coefficient (Wildman–Crippen LogP) is 4.90. The molecular formula is C27H35ClN2O4S. The van der Waals surface area contributed by atoms with Crippen LogP contribution >= 0.6 is 11.6 Å². The first-order valence-electron chi connectivity index (χ1n) is 12.4. The number of halogens is 1. The number of aromatic nitrogens is 1. The lowest BCUT2D eigenvalue weighted by Gasteiger charge is -2.18. The Balaban J connectivity index is 1.94. The number of aryl methyl sites for hydroxylation is 1. The van der Waals surface area contributed by atoms with E-state index in [-0.39, 0.29) is 32.9 Å². The topological polar surface area (TPSA) is 87.3 Å². The van der Waals surface area contributed by atoms with Gasteiger partial charge in [-0.25, -0.2) is 8.42 Å². The quantitative estimate of drug-likeness (QED) is 0.457. The number of H-pyrrole nitrogens is 1. The molecule has 1 aliphatic carbocycles. The first kappa shape index (κ1) is 27.4. The molecule has 1 atom stereocenters. The third kappa shape index (κ3) is 6.93. The Morgan fingerprint density at radius 1 is 1.14 bits per heavy atom. The van der Waals surface area contributed by atoms with Crippen LogP contribution in [0.2, 0.25) is 5.02 Å². The maximum absolute atomic E-state index is 13.0. The van der Waals surface area contributed by atoms with Crippen LogP contribution in [-0.4, -0.2) is 49.5 Å². The van der Waals surface area contributed by atoms with Gasteiger partial charge in [0.15, 0.2) is 9.84 Å². The van der Waals surface area contributed by atoms with Gasteiger partial charge in [0.25, 0.3) is 5.56 Å². The zero-order valence-electron chi connectivity index (χ0n) is 20.8. The zero-order valence-corrected chi connectivity index (χ0v) is 22.3. The van der Waals surface area contributed by atoms with Crippen LogP contribution in [0.25, 0.3) is 5.57 Å². The number of rotatable bonds is 11. The second-order valence-corrected chi connectivity index (χ2v) is 11.5. The van der Waals surface area contributed by atoms with Crippen molar-refractivity contribution >= 4 is 32.8 Å². The number of hydrogen-bond acceptors (Lipinski definition) is 5. The minimum absolute atomic E-state index is 0.0290. The number of hydrogen-bond donors (Lipinski definition) is 1. The van der Waals surface area contributed by atoms with Crippen molar-refractivity contribution in [2.24, 2.45) is 5.92 Å². The molecule has 0 amide bonds. The van der Waals surface area contributed by atoms with E-state index in [2.05, 4.69) is 23.7 Å². The summed E-state index contributed by atoms with van der Waals surface area (Å²) in [6.45, 7) is 8.53. The molecule has 0 aliphatic heterocycles. The average molecular weight is 519 g/mol. The van der Waals surface area contributed by atoms with E-state index in [1.807, 2.05) is 19.1 Å². The first-order valence-corrected chi connectivity index (χ1v) is 14.4. The molecule has 3 rings (SSSR count). The lowest BCUT2D eigenvalue weighted by molar-refractivity contribution is -0.117. The van der Waals surface area contributed by atoms with E-state index < -0.39 is 9.84 Å². The Morgan fingerprint density at radius 3 is 2.46 bits per heavy atom. The number of aromatic amines is 1. The molecule has 2 aromatic rings. The maximum Gasteiger partial charge on any atom is 0.251 e. The van der Waals surface area contributed by atoms with Gasteiger partial charge in [0.1, 0.15) is 5.78 Å². The molecule has 0 spiro atoms. The summed E-state index contributed by atoms with van der Waals surface area (Å²) in [5.41, 5.74) is 2.61. The zero-order chi connectivity index (χ0) is 25.6. The maximum atomic E-state index is 13.0. The molecule has 1 heterocycles. The lowest BCUT2D eigenvalue weighted by atomic mass is 9.95. The smallest absolute Gasteiger partial charge is 0.251 e. The number of carbonyl (C=O) groups is 1. The summed E-state index contributed by atoms with van der Waals surface area (Å²) in [6, 6.07) is 8.59. The summed E-state index contributed by atoms with van der Waals surface area (Å²) in [6.07, 6.45) is 4.93. The summed E-state index contributed by atoms with van der Waals surface area (Å²) in [5, 5.41) is 0.159. The van der Waals surface area contributed by atoms with Crippen molar-refractivity contribution in [1.82, 2.24) is 9.88 Å². The molecule has 1 aromatic heterocycles. The van der Waals surface area contributed by atoms with E-state index in [4.69, 9.17) is 11.6 Å². The molecule has 1 N–H and O–H groups in total. The first-order chi connectivity index (χ1) is 16.7. The van der Waals surface area contributed by atoms with Gasteiger partial charge in [-0.15, -0.1) is 0 Å². The summed E-state index contributed by atoms with van der Waals surface area (Å²) >= 11 is 6.52. The minimum Gasteiger partial charge on any atom is -0.322 e. The van der Waals surface area contributed by atoms with Crippen LogP contribution in [0.15, 0.2) is 46.1 Å². The van der Waals surface area contributed by atoms with Crippen molar-refractivity contribution in [2.75, 3.05) is 25.4 Å². The highest BCUT2D eigenvalue weighted by Gasteiger charge is 2.23. The van der Waals surface area contributed by atoms with Crippen molar-refractivity contribution in [3.05, 3.63) is 68.6 Å². The number of carbonyl (C=O) groups excluding carboxylic acids is 1. The van der Waals surface area contributed by atoms with Crippen LogP contribution < -0.4 is 5.56 Å². The number of ketones is 1. The number of nitrogens with one attached hydrogen (secondary N) is 1. The van der Waals surface area contributed by atoms with E-state index >= 15 is 0 Å². The van der Waals surface area contributed by atoms with E-state index in [9.17, 15) is 18.0 Å². The summed E-state index contributed by atoms with van der Waals surface area (Å²) in [7, 11) is -3.54. The van der Waals surface area contributed by atoms with Gasteiger partial charge in [-0.3, -0.25) is 9.59 Å². The summed E-state index contributed by atoms with van der Waals surface area (Å²) < 4.78 is 26.0. The average Bonchev–Trinajstić information content (AvgIpc) is 3.24. The van der Waals surface area contributed by atoms with Gasteiger partial charge in [-0.05, 0) is 68.6 Å². The van der Waals surface area contributed by atoms with Gasteiger partial charge in [0.2, 0.25) is 0 Å². The van der Waals surface area contributed by atoms with Gasteiger partial charge in [0, 0.05) is 29.7 Å². The third-order valence-corrected chi connectivity index (χ3v) is 8.99. The molecule has 1 fully saturated rings. The van der Waals surface area contributed by atoms with Gasteiger partial charge in [-0.2, -0.15) is 0 Å². The Kier molecular flexibility index (Phi) is 9.50. The molecule has 6 nitrogen and oxygen atoms in total.